The lowest BCUT2D eigenvalue weighted by Crippen LogP contribution is -2.29. The molecule has 3 aromatic rings. The zero-order valence-electron chi connectivity index (χ0n) is 13.1. The molecule has 0 aliphatic carbocycles. The molecule has 0 saturated carbocycles. The highest BCUT2D eigenvalue weighted by Gasteiger charge is 2.22. The molecule has 1 aromatic heterocycles. The lowest BCUT2D eigenvalue weighted by molar-refractivity contribution is -0.123. The minimum atomic E-state index is -1.09. The average Bonchev–Trinajstić information content (AvgIpc) is 2.98. The van der Waals surface area contributed by atoms with E-state index in [9.17, 15) is 14.0 Å². The minimum Gasteiger partial charge on any atom is -0.449 e. The van der Waals surface area contributed by atoms with E-state index in [-0.39, 0.29) is 11.4 Å². The number of esters is 1. The van der Waals surface area contributed by atoms with Gasteiger partial charge in [-0.1, -0.05) is 17.7 Å². The highest BCUT2D eigenvalue weighted by Crippen LogP contribution is 2.23. The molecule has 0 spiro atoms. The maximum atomic E-state index is 13.1. The van der Waals surface area contributed by atoms with Crippen molar-refractivity contribution >= 4 is 40.1 Å². The van der Waals surface area contributed by atoms with Gasteiger partial charge in [-0.3, -0.25) is 4.79 Å². The minimum absolute atomic E-state index is 0.0392. The molecular weight excluding hydrogens is 349 g/mol. The fourth-order valence-corrected chi connectivity index (χ4v) is 2.38. The molecule has 0 saturated heterocycles. The number of carbonyl (C=O) groups excluding carboxylic acids is 2. The van der Waals surface area contributed by atoms with Crippen LogP contribution < -0.4 is 5.32 Å². The Morgan fingerprint density at radius 2 is 2.00 bits per heavy atom. The average molecular weight is 362 g/mol. The number of nitrogens with one attached hydrogen (secondary N) is 1. The summed E-state index contributed by atoms with van der Waals surface area (Å²) < 4.78 is 23.6. The molecular formula is C18H13ClFNO4. The van der Waals surface area contributed by atoms with Crippen LogP contribution in [-0.2, 0) is 9.53 Å². The molecule has 0 aliphatic heterocycles. The van der Waals surface area contributed by atoms with Gasteiger partial charge in [0.15, 0.2) is 6.10 Å². The van der Waals surface area contributed by atoms with Crippen molar-refractivity contribution in [3.8, 4) is 0 Å². The van der Waals surface area contributed by atoms with Crippen LogP contribution in [0.15, 0.2) is 52.9 Å². The molecule has 1 atom stereocenters. The van der Waals surface area contributed by atoms with E-state index < -0.39 is 23.8 Å². The second kappa shape index (κ2) is 6.94. The number of rotatable bonds is 4. The Balaban J connectivity index is 1.67. The van der Waals surface area contributed by atoms with Crippen molar-refractivity contribution in [2.24, 2.45) is 0 Å². The normalized spacial score (nSPS) is 12.0. The van der Waals surface area contributed by atoms with Crippen molar-refractivity contribution < 1.29 is 23.1 Å². The number of carbonyl (C=O) groups is 2. The van der Waals surface area contributed by atoms with Gasteiger partial charge in [0.2, 0.25) is 5.76 Å². The van der Waals surface area contributed by atoms with Gasteiger partial charge < -0.3 is 14.5 Å². The number of anilines is 1. The van der Waals surface area contributed by atoms with Gasteiger partial charge in [-0.2, -0.15) is 0 Å². The summed E-state index contributed by atoms with van der Waals surface area (Å²) in [7, 11) is 0. The van der Waals surface area contributed by atoms with Crippen LogP contribution in [0.4, 0.5) is 10.1 Å². The predicted octanol–water partition coefficient (Wildman–Crippen LogP) is 4.41. The van der Waals surface area contributed by atoms with Crippen molar-refractivity contribution in [2.75, 3.05) is 5.32 Å². The molecule has 1 heterocycles. The summed E-state index contributed by atoms with van der Waals surface area (Å²) in [6, 6.07) is 11.8. The SMILES string of the molecule is C[C@H](OC(=O)c1cc2cc(Cl)ccc2o1)C(=O)Nc1cccc(F)c1. The Labute approximate surface area is 147 Å². The molecule has 128 valence electrons. The zero-order valence-corrected chi connectivity index (χ0v) is 13.8. The molecule has 5 nitrogen and oxygen atoms in total. The Morgan fingerprint density at radius 1 is 1.20 bits per heavy atom. The van der Waals surface area contributed by atoms with E-state index in [2.05, 4.69) is 5.32 Å². The summed E-state index contributed by atoms with van der Waals surface area (Å²) >= 11 is 5.88. The molecule has 25 heavy (non-hydrogen) atoms. The molecule has 2 aromatic carbocycles. The number of hydrogen-bond acceptors (Lipinski definition) is 4. The van der Waals surface area contributed by atoms with E-state index in [1.54, 1.807) is 18.2 Å². The third kappa shape index (κ3) is 3.97. The Bertz CT molecular complexity index is 953. The van der Waals surface area contributed by atoms with E-state index in [0.717, 1.165) is 6.07 Å². The molecule has 3 rings (SSSR count). The van der Waals surface area contributed by atoms with Gasteiger partial charge >= 0.3 is 5.97 Å². The van der Waals surface area contributed by atoms with Crippen LogP contribution in [-0.4, -0.2) is 18.0 Å². The predicted molar refractivity (Wildman–Crippen MR) is 91.1 cm³/mol. The molecule has 7 heteroatoms. The molecule has 0 radical (unpaired) electrons. The van der Waals surface area contributed by atoms with E-state index >= 15 is 0 Å². The van der Waals surface area contributed by atoms with Crippen molar-refractivity contribution in [3.05, 3.63) is 65.1 Å². The largest absolute Gasteiger partial charge is 0.449 e. The summed E-state index contributed by atoms with van der Waals surface area (Å²) in [6.07, 6.45) is -1.09. The maximum Gasteiger partial charge on any atom is 0.375 e. The van der Waals surface area contributed by atoms with Crippen LogP contribution in [0.1, 0.15) is 17.5 Å². The lowest BCUT2D eigenvalue weighted by atomic mass is 10.2. The van der Waals surface area contributed by atoms with Gasteiger partial charge in [0.05, 0.1) is 0 Å². The highest BCUT2D eigenvalue weighted by atomic mass is 35.5. The van der Waals surface area contributed by atoms with Gasteiger partial charge in [0, 0.05) is 16.1 Å². The second-order valence-electron chi connectivity index (χ2n) is 5.34. The summed E-state index contributed by atoms with van der Waals surface area (Å²) in [5.74, 6) is -1.89. The topological polar surface area (TPSA) is 68.5 Å². The van der Waals surface area contributed by atoms with E-state index in [0.29, 0.717) is 16.0 Å². The van der Waals surface area contributed by atoms with Crippen molar-refractivity contribution in [3.63, 3.8) is 0 Å². The number of benzene rings is 2. The number of halogens is 2. The van der Waals surface area contributed by atoms with E-state index in [1.165, 1.54) is 31.2 Å². The van der Waals surface area contributed by atoms with Crippen LogP contribution in [0, 0.1) is 5.82 Å². The van der Waals surface area contributed by atoms with Crippen molar-refractivity contribution in [1.82, 2.24) is 0 Å². The Hall–Kier alpha value is -2.86. The van der Waals surface area contributed by atoms with Gasteiger partial charge in [-0.15, -0.1) is 0 Å². The first-order valence-electron chi connectivity index (χ1n) is 7.39. The van der Waals surface area contributed by atoms with Crippen LogP contribution >= 0.6 is 11.6 Å². The standard InChI is InChI=1S/C18H13ClFNO4/c1-10(17(22)21-14-4-2-3-13(20)9-14)24-18(23)16-8-11-7-12(19)5-6-15(11)25-16/h2-10H,1H3,(H,21,22)/t10-/m0/s1. The van der Waals surface area contributed by atoms with Crippen LogP contribution in [0.2, 0.25) is 5.02 Å². The van der Waals surface area contributed by atoms with E-state index in [1.807, 2.05) is 0 Å². The quantitative estimate of drug-likeness (QED) is 0.699. The molecule has 0 bridgehead atoms. The third-order valence-corrected chi connectivity index (χ3v) is 3.66. The number of fused-ring (bicyclic) bond motifs is 1. The number of ether oxygens (including phenoxy) is 1. The molecule has 1 amide bonds. The van der Waals surface area contributed by atoms with Crippen LogP contribution in [0.3, 0.4) is 0 Å². The molecule has 0 aliphatic rings. The first-order valence-corrected chi connectivity index (χ1v) is 7.77. The van der Waals surface area contributed by atoms with Crippen LogP contribution in [0.5, 0.6) is 0 Å². The summed E-state index contributed by atoms with van der Waals surface area (Å²) in [6.45, 7) is 1.41. The Kier molecular flexibility index (Phi) is 4.72. The fourth-order valence-electron chi connectivity index (χ4n) is 2.20. The first kappa shape index (κ1) is 17.0. The summed E-state index contributed by atoms with van der Waals surface area (Å²) in [5.41, 5.74) is 0.750. The monoisotopic (exact) mass is 361 g/mol. The highest BCUT2D eigenvalue weighted by molar-refractivity contribution is 6.31. The van der Waals surface area contributed by atoms with Crippen molar-refractivity contribution in [2.45, 2.75) is 13.0 Å². The molecule has 0 fully saturated rings. The Morgan fingerprint density at radius 3 is 2.76 bits per heavy atom. The number of hydrogen-bond donors (Lipinski definition) is 1. The lowest BCUT2D eigenvalue weighted by Gasteiger charge is -2.12. The van der Waals surface area contributed by atoms with Gasteiger partial charge in [-0.25, -0.2) is 9.18 Å². The third-order valence-electron chi connectivity index (χ3n) is 3.42. The first-order chi connectivity index (χ1) is 11.9. The summed E-state index contributed by atoms with van der Waals surface area (Å²) in [5, 5.41) is 3.63. The smallest absolute Gasteiger partial charge is 0.375 e. The second-order valence-corrected chi connectivity index (χ2v) is 5.78. The summed E-state index contributed by atoms with van der Waals surface area (Å²) in [4.78, 5) is 24.2. The van der Waals surface area contributed by atoms with Crippen molar-refractivity contribution in [1.29, 1.82) is 0 Å². The zero-order chi connectivity index (χ0) is 18.0. The van der Waals surface area contributed by atoms with Gasteiger partial charge in [0.25, 0.3) is 5.91 Å². The molecule has 0 unspecified atom stereocenters. The number of furan rings is 1. The van der Waals surface area contributed by atoms with Gasteiger partial charge in [0.1, 0.15) is 11.4 Å². The molecule has 1 N–H and O–H groups in total. The van der Waals surface area contributed by atoms with Crippen LogP contribution in [0.25, 0.3) is 11.0 Å². The fraction of sp³-hybridized carbons (Fsp3) is 0.111. The van der Waals surface area contributed by atoms with Gasteiger partial charge in [-0.05, 0) is 49.4 Å². The maximum absolute atomic E-state index is 13.1. The number of amides is 1. The van der Waals surface area contributed by atoms with E-state index in [4.69, 9.17) is 20.8 Å².